The molecule has 0 radical (unpaired) electrons. The van der Waals surface area contributed by atoms with Gasteiger partial charge in [0.25, 0.3) is 5.91 Å². The van der Waals surface area contributed by atoms with Gasteiger partial charge in [-0.25, -0.2) is 0 Å². The molecule has 7 heteroatoms. The van der Waals surface area contributed by atoms with Crippen LogP contribution in [0.5, 0.6) is 0 Å². The third kappa shape index (κ3) is 4.44. The standard InChI is InChI=1S/C24H26ClN3O3/c1-17(18-7-3-2-4-8-18)28-16-19(15-22(28)29)23(30)26-11-13-27(14-12-26)24(31)20-9-5-6-10-21(20)25/h2-10,17,19H,11-16H2,1H3/t17-,19-/m1/s1. The molecule has 2 aliphatic heterocycles. The van der Waals surface area contributed by atoms with Crippen LogP contribution in [-0.4, -0.2) is 65.1 Å². The fraction of sp³-hybridized carbons (Fsp3) is 0.375. The largest absolute Gasteiger partial charge is 0.339 e. The zero-order valence-corrected chi connectivity index (χ0v) is 18.3. The van der Waals surface area contributed by atoms with Gasteiger partial charge in [-0.3, -0.25) is 14.4 Å². The molecule has 0 spiro atoms. The van der Waals surface area contributed by atoms with Crippen molar-refractivity contribution in [1.82, 2.24) is 14.7 Å². The number of rotatable bonds is 4. The Balaban J connectivity index is 1.34. The minimum Gasteiger partial charge on any atom is -0.339 e. The van der Waals surface area contributed by atoms with Gasteiger partial charge in [0.05, 0.1) is 22.5 Å². The summed E-state index contributed by atoms with van der Waals surface area (Å²) < 4.78 is 0. The molecule has 0 unspecified atom stereocenters. The molecule has 0 saturated carbocycles. The van der Waals surface area contributed by atoms with E-state index in [1.807, 2.05) is 37.3 Å². The van der Waals surface area contributed by atoms with Gasteiger partial charge in [0.1, 0.15) is 0 Å². The van der Waals surface area contributed by atoms with Crippen molar-refractivity contribution in [3.8, 4) is 0 Å². The zero-order valence-electron chi connectivity index (χ0n) is 17.5. The fourth-order valence-corrected chi connectivity index (χ4v) is 4.59. The molecule has 0 aliphatic carbocycles. The van der Waals surface area contributed by atoms with Crippen LogP contribution in [0.1, 0.15) is 35.3 Å². The van der Waals surface area contributed by atoms with Crippen LogP contribution in [0.15, 0.2) is 54.6 Å². The summed E-state index contributed by atoms with van der Waals surface area (Å²) in [6.45, 7) is 4.29. The fourth-order valence-electron chi connectivity index (χ4n) is 4.38. The lowest BCUT2D eigenvalue weighted by Gasteiger charge is -2.36. The first-order chi connectivity index (χ1) is 15.0. The predicted octanol–water partition coefficient (Wildman–Crippen LogP) is 3.23. The molecule has 2 aromatic rings. The Morgan fingerprint density at radius 1 is 0.935 bits per heavy atom. The van der Waals surface area contributed by atoms with Crippen molar-refractivity contribution in [2.24, 2.45) is 5.92 Å². The van der Waals surface area contributed by atoms with Gasteiger partial charge in [-0.15, -0.1) is 0 Å². The molecule has 2 saturated heterocycles. The summed E-state index contributed by atoms with van der Waals surface area (Å²) in [6.07, 6.45) is 0.245. The van der Waals surface area contributed by atoms with Gasteiger partial charge in [0.2, 0.25) is 11.8 Å². The molecule has 2 fully saturated rings. The van der Waals surface area contributed by atoms with E-state index in [-0.39, 0.29) is 36.1 Å². The van der Waals surface area contributed by atoms with E-state index in [1.165, 1.54) is 0 Å². The van der Waals surface area contributed by atoms with Gasteiger partial charge in [-0.1, -0.05) is 54.1 Å². The Morgan fingerprint density at radius 3 is 2.23 bits per heavy atom. The Hall–Kier alpha value is -2.86. The second kappa shape index (κ2) is 9.10. The number of halogens is 1. The number of amides is 3. The summed E-state index contributed by atoms with van der Waals surface area (Å²) >= 11 is 6.15. The number of hydrogen-bond acceptors (Lipinski definition) is 3. The minimum absolute atomic E-state index is 0.000883. The highest BCUT2D eigenvalue weighted by Gasteiger charge is 2.39. The molecule has 2 aromatic carbocycles. The molecule has 0 N–H and O–H groups in total. The van der Waals surface area contributed by atoms with Gasteiger partial charge >= 0.3 is 0 Å². The van der Waals surface area contributed by atoms with Crippen LogP contribution >= 0.6 is 11.6 Å². The first-order valence-electron chi connectivity index (χ1n) is 10.6. The summed E-state index contributed by atoms with van der Waals surface area (Å²) in [5.41, 5.74) is 1.55. The van der Waals surface area contributed by atoms with E-state index in [2.05, 4.69) is 0 Å². The molecule has 2 heterocycles. The molecule has 4 rings (SSSR count). The number of benzene rings is 2. The topological polar surface area (TPSA) is 60.9 Å². The van der Waals surface area contributed by atoms with E-state index in [4.69, 9.17) is 11.6 Å². The summed E-state index contributed by atoms with van der Waals surface area (Å²) in [7, 11) is 0. The second-order valence-electron chi connectivity index (χ2n) is 8.13. The van der Waals surface area contributed by atoms with E-state index < -0.39 is 0 Å². The van der Waals surface area contributed by atoms with Crippen LogP contribution in [0.2, 0.25) is 5.02 Å². The summed E-state index contributed by atoms with van der Waals surface area (Å²) in [6, 6.07) is 16.8. The van der Waals surface area contributed by atoms with Crippen molar-refractivity contribution in [1.29, 1.82) is 0 Å². The number of carbonyl (C=O) groups excluding carboxylic acids is 3. The summed E-state index contributed by atoms with van der Waals surface area (Å²) in [5, 5.41) is 0.433. The zero-order chi connectivity index (χ0) is 22.0. The van der Waals surface area contributed by atoms with Crippen molar-refractivity contribution in [3.63, 3.8) is 0 Å². The van der Waals surface area contributed by atoms with Crippen molar-refractivity contribution in [2.75, 3.05) is 32.7 Å². The van der Waals surface area contributed by atoms with Crippen molar-refractivity contribution in [3.05, 3.63) is 70.7 Å². The van der Waals surface area contributed by atoms with Crippen LogP contribution in [0.25, 0.3) is 0 Å². The Kier molecular flexibility index (Phi) is 6.28. The Morgan fingerprint density at radius 2 is 1.55 bits per heavy atom. The van der Waals surface area contributed by atoms with E-state index in [1.54, 1.807) is 39.0 Å². The normalized spacial score (nSPS) is 20.1. The average molecular weight is 440 g/mol. The van der Waals surface area contributed by atoms with Crippen LogP contribution < -0.4 is 0 Å². The number of carbonyl (C=O) groups is 3. The van der Waals surface area contributed by atoms with Crippen LogP contribution in [-0.2, 0) is 9.59 Å². The van der Waals surface area contributed by atoms with E-state index in [0.717, 1.165) is 5.56 Å². The van der Waals surface area contributed by atoms with Crippen molar-refractivity contribution in [2.45, 2.75) is 19.4 Å². The molecule has 6 nitrogen and oxygen atoms in total. The van der Waals surface area contributed by atoms with Gasteiger partial charge in [-0.2, -0.15) is 0 Å². The van der Waals surface area contributed by atoms with Gasteiger partial charge in [-0.05, 0) is 24.6 Å². The molecular weight excluding hydrogens is 414 g/mol. The quantitative estimate of drug-likeness (QED) is 0.734. The van der Waals surface area contributed by atoms with E-state index in [9.17, 15) is 14.4 Å². The molecule has 2 aliphatic rings. The number of hydrogen-bond donors (Lipinski definition) is 0. The maximum absolute atomic E-state index is 13.1. The van der Waals surface area contributed by atoms with E-state index >= 15 is 0 Å². The molecule has 162 valence electrons. The highest BCUT2D eigenvalue weighted by atomic mass is 35.5. The predicted molar refractivity (Wildman–Crippen MR) is 119 cm³/mol. The van der Waals surface area contributed by atoms with Gasteiger partial charge in [0, 0.05) is 39.1 Å². The lowest BCUT2D eigenvalue weighted by molar-refractivity contribution is -0.137. The highest BCUT2D eigenvalue weighted by Crippen LogP contribution is 2.29. The van der Waals surface area contributed by atoms with Crippen molar-refractivity contribution >= 4 is 29.3 Å². The second-order valence-corrected chi connectivity index (χ2v) is 8.54. The van der Waals surface area contributed by atoms with Gasteiger partial charge < -0.3 is 14.7 Å². The lowest BCUT2D eigenvalue weighted by Crippen LogP contribution is -2.52. The highest BCUT2D eigenvalue weighted by molar-refractivity contribution is 6.33. The number of nitrogens with zero attached hydrogens (tertiary/aromatic N) is 3. The SMILES string of the molecule is C[C@H](c1ccccc1)N1C[C@H](C(=O)N2CCN(C(=O)c3ccccc3Cl)CC2)CC1=O. The maximum atomic E-state index is 13.1. The van der Waals surface area contributed by atoms with Gasteiger partial charge in [0.15, 0.2) is 0 Å². The maximum Gasteiger partial charge on any atom is 0.255 e. The van der Waals surface area contributed by atoms with Crippen LogP contribution in [0, 0.1) is 5.92 Å². The average Bonchev–Trinajstić information content (AvgIpc) is 3.20. The van der Waals surface area contributed by atoms with E-state index in [0.29, 0.717) is 43.3 Å². The first-order valence-corrected chi connectivity index (χ1v) is 11.0. The summed E-state index contributed by atoms with van der Waals surface area (Å²) in [5.74, 6) is -0.427. The Bertz CT molecular complexity index is 973. The minimum atomic E-state index is -0.329. The third-order valence-electron chi connectivity index (χ3n) is 6.24. The number of likely N-dealkylation sites (tertiary alicyclic amines) is 1. The smallest absolute Gasteiger partial charge is 0.255 e. The molecule has 0 bridgehead atoms. The number of piperazine rings is 1. The first kappa shape index (κ1) is 21.4. The molecule has 0 aromatic heterocycles. The molecular formula is C24H26ClN3O3. The van der Waals surface area contributed by atoms with Crippen LogP contribution in [0.3, 0.4) is 0 Å². The molecule has 31 heavy (non-hydrogen) atoms. The summed E-state index contributed by atoms with van der Waals surface area (Å²) in [4.78, 5) is 43.7. The van der Waals surface area contributed by atoms with Crippen LogP contribution in [0.4, 0.5) is 0 Å². The monoisotopic (exact) mass is 439 g/mol. The lowest BCUT2D eigenvalue weighted by atomic mass is 10.1. The molecule has 3 amide bonds. The third-order valence-corrected chi connectivity index (χ3v) is 6.57. The van der Waals surface area contributed by atoms with Crippen molar-refractivity contribution < 1.29 is 14.4 Å². The Labute approximate surface area is 187 Å². The molecule has 2 atom stereocenters.